The van der Waals surface area contributed by atoms with Gasteiger partial charge in [0.25, 0.3) is 0 Å². The summed E-state index contributed by atoms with van der Waals surface area (Å²) in [7, 11) is 0. The summed E-state index contributed by atoms with van der Waals surface area (Å²) in [5.74, 6) is 4.57. The number of hydrogen-bond acceptors (Lipinski definition) is 3. The Hall–Kier alpha value is -0.640. The lowest BCUT2D eigenvalue weighted by atomic mass is 9.56. The fourth-order valence-corrected chi connectivity index (χ4v) is 10.1. The Balaban J connectivity index is 1.29. The highest BCUT2D eigenvalue weighted by atomic mass is 35.5. The Morgan fingerprint density at radius 3 is 2.82 bits per heavy atom. The molecule has 4 fully saturated rings. The number of alkyl halides is 1. The highest BCUT2D eigenvalue weighted by molar-refractivity contribution is 6.18. The molecule has 2 saturated carbocycles. The van der Waals surface area contributed by atoms with Crippen LogP contribution in [0.3, 0.4) is 0 Å². The Morgan fingerprint density at radius 2 is 2.03 bits per heavy atom. The fourth-order valence-electron chi connectivity index (χ4n) is 9.87. The molecule has 0 aromatic carbocycles. The van der Waals surface area contributed by atoms with E-state index in [-0.39, 0.29) is 11.0 Å². The number of hydrogen-bond donors (Lipinski definition) is 0. The molecule has 0 unspecified atom stereocenters. The Labute approximate surface area is 211 Å². The standard InChI is InChI=1S/C30H44ClNO2/c1-18-13-27-28(32(17-18)12-11-31)20(3)30(34-27)10-8-23-24-6-5-21-14-22(33)7-9-29(21,4)26(24)15-25(23)19(2)16-30/h14,18,20,23-24,26-28H,5-13,15-17H2,1-4H3/t18-,20+,23-,24-,26-,27+,28-,29-,30-/m0/s1. The van der Waals surface area contributed by atoms with E-state index in [1.165, 1.54) is 44.2 Å². The molecular weight excluding hydrogens is 442 g/mol. The predicted octanol–water partition coefficient (Wildman–Crippen LogP) is 6.55. The van der Waals surface area contributed by atoms with Crippen LogP contribution >= 0.6 is 11.6 Å². The van der Waals surface area contributed by atoms with Gasteiger partial charge in [-0.15, -0.1) is 11.6 Å². The van der Waals surface area contributed by atoms with Gasteiger partial charge in [0.2, 0.25) is 0 Å². The van der Waals surface area contributed by atoms with Crippen molar-refractivity contribution in [2.24, 2.45) is 35.0 Å². The monoisotopic (exact) mass is 485 g/mol. The minimum absolute atomic E-state index is 0.00175. The van der Waals surface area contributed by atoms with Gasteiger partial charge in [0.05, 0.1) is 11.7 Å². The molecule has 188 valence electrons. The molecular formula is C30H44ClNO2. The molecule has 0 radical (unpaired) electrons. The highest BCUT2D eigenvalue weighted by Crippen LogP contribution is 2.64. The lowest BCUT2D eigenvalue weighted by Crippen LogP contribution is -2.52. The third kappa shape index (κ3) is 3.46. The number of piperidine rings is 1. The molecule has 0 N–H and O–H groups in total. The van der Waals surface area contributed by atoms with E-state index in [0.29, 0.717) is 35.6 Å². The molecule has 6 aliphatic rings. The number of rotatable bonds is 2. The SMILES string of the molecule is CC1=C2C[C@H]3[C@@H](CCC4=CC(=O)CC[C@@]43C)[C@@H]2CC[C@@]2(C1)O[C@@H]1C[C@H](C)CN(CCCl)[C@H]1[C@H]2C. The van der Waals surface area contributed by atoms with Crippen molar-refractivity contribution in [3.63, 3.8) is 0 Å². The number of halogens is 1. The lowest BCUT2D eigenvalue weighted by Gasteiger charge is -2.48. The minimum atomic E-state index is 0.00175. The molecule has 0 amide bonds. The Bertz CT molecular complexity index is 925. The van der Waals surface area contributed by atoms with Gasteiger partial charge in [0.1, 0.15) is 0 Å². The molecule has 0 bridgehead atoms. The summed E-state index contributed by atoms with van der Waals surface area (Å²) in [5, 5.41) is 0. The molecule has 4 heteroatoms. The summed E-state index contributed by atoms with van der Waals surface area (Å²) >= 11 is 6.23. The van der Waals surface area contributed by atoms with Gasteiger partial charge in [-0.3, -0.25) is 9.69 Å². The van der Waals surface area contributed by atoms with Crippen molar-refractivity contribution in [1.82, 2.24) is 4.90 Å². The van der Waals surface area contributed by atoms with Gasteiger partial charge >= 0.3 is 0 Å². The van der Waals surface area contributed by atoms with Crippen LogP contribution in [-0.2, 0) is 9.53 Å². The summed E-state index contributed by atoms with van der Waals surface area (Å²) in [4.78, 5) is 14.8. The minimum Gasteiger partial charge on any atom is -0.369 e. The van der Waals surface area contributed by atoms with E-state index in [1.807, 2.05) is 6.08 Å². The largest absolute Gasteiger partial charge is 0.369 e. The number of allylic oxidation sites excluding steroid dienone is 3. The zero-order valence-corrected chi connectivity index (χ0v) is 22.5. The quantitative estimate of drug-likeness (QED) is 0.328. The van der Waals surface area contributed by atoms with Crippen LogP contribution in [0.2, 0.25) is 0 Å². The summed E-state index contributed by atoms with van der Waals surface area (Å²) in [5.41, 5.74) is 5.14. The van der Waals surface area contributed by atoms with Crippen LogP contribution in [-0.4, -0.2) is 47.4 Å². The molecule has 34 heavy (non-hydrogen) atoms. The molecule has 3 nitrogen and oxygen atoms in total. The van der Waals surface area contributed by atoms with E-state index in [0.717, 1.165) is 50.0 Å². The Morgan fingerprint density at radius 1 is 1.21 bits per heavy atom. The second-order valence-corrected chi connectivity index (χ2v) is 13.6. The highest BCUT2D eigenvalue weighted by Gasteiger charge is 2.59. The van der Waals surface area contributed by atoms with Crippen molar-refractivity contribution in [2.45, 2.75) is 103 Å². The van der Waals surface area contributed by atoms with E-state index in [1.54, 1.807) is 11.1 Å². The first-order valence-electron chi connectivity index (χ1n) is 14.2. The van der Waals surface area contributed by atoms with Crippen LogP contribution in [0.1, 0.15) is 85.5 Å². The van der Waals surface area contributed by atoms with Crippen LogP contribution in [0.25, 0.3) is 0 Å². The number of carbonyl (C=O) groups is 1. The molecule has 9 atom stereocenters. The topological polar surface area (TPSA) is 29.5 Å². The zero-order valence-electron chi connectivity index (χ0n) is 21.7. The molecule has 2 aliphatic heterocycles. The number of ketones is 1. The molecule has 6 rings (SSSR count). The average Bonchev–Trinajstić information content (AvgIpc) is 3.25. The average molecular weight is 486 g/mol. The number of fused-ring (bicyclic) bond motifs is 6. The van der Waals surface area contributed by atoms with E-state index in [2.05, 4.69) is 32.6 Å². The summed E-state index contributed by atoms with van der Waals surface area (Å²) in [6.45, 7) is 12.0. The summed E-state index contributed by atoms with van der Waals surface area (Å²) in [6.07, 6.45) is 12.7. The van der Waals surface area contributed by atoms with Crippen molar-refractivity contribution in [1.29, 1.82) is 0 Å². The molecule has 0 aromatic rings. The smallest absolute Gasteiger partial charge is 0.155 e. The van der Waals surface area contributed by atoms with Crippen LogP contribution < -0.4 is 0 Å². The van der Waals surface area contributed by atoms with Gasteiger partial charge < -0.3 is 4.74 Å². The van der Waals surface area contributed by atoms with Crippen LogP contribution in [0.5, 0.6) is 0 Å². The van der Waals surface area contributed by atoms with E-state index >= 15 is 0 Å². The zero-order chi connectivity index (χ0) is 23.8. The van der Waals surface area contributed by atoms with Crippen LogP contribution in [0, 0.1) is 35.0 Å². The number of carbonyl (C=O) groups excluding carboxylic acids is 1. The number of nitrogens with zero attached hydrogens (tertiary/aromatic N) is 1. The van der Waals surface area contributed by atoms with Crippen molar-refractivity contribution in [2.75, 3.05) is 19.0 Å². The van der Waals surface area contributed by atoms with E-state index in [4.69, 9.17) is 16.3 Å². The Kier molecular flexibility index (Phi) is 5.90. The van der Waals surface area contributed by atoms with Gasteiger partial charge in [-0.25, -0.2) is 0 Å². The van der Waals surface area contributed by atoms with E-state index in [9.17, 15) is 4.79 Å². The van der Waals surface area contributed by atoms with Gasteiger partial charge in [0, 0.05) is 37.4 Å². The van der Waals surface area contributed by atoms with Crippen LogP contribution in [0.15, 0.2) is 22.8 Å². The van der Waals surface area contributed by atoms with Gasteiger partial charge in [-0.2, -0.15) is 0 Å². The second-order valence-electron chi connectivity index (χ2n) is 13.2. The van der Waals surface area contributed by atoms with E-state index < -0.39 is 0 Å². The first-order valence-corrected chi connectivity index (χ1v) is 14.7. The fraction of sp³-hybridized carbons (Fsp3) is 0.833. The molecule has 1 spiro atoms. The predicted molar refractivity (Wildman–Crippen MR) is 138 cm³/mol. The third-order valence-electron chi connectivity index (χ3n) is 11.5. The number of likely N-dealkylation sites (tertiary alicyclic amines) is 1. The van der Waals surface area contributed by atoms with Gasteiger partial charge in [-0.1, -0.05) is 37.5 Å². The second kappa shape index (κ2) is 8.45. The van der Waals surface area contributed by atoms with Crippen molar-refractivity contribution in [3.05, 3.63) is 22.8 Å². The first-order chi connectivity index (χ1) is 16.3. The van der Waals surface area contributed by atoms with Gasteiger partial charge in [0.15, 0.2) is 5.78 Å². The summed E-state index contributed by atoms with van der Waals surface area (Å²) < 4.78 is 7.16. The van der Waals surface area contributed by atoms with Gasteiger partial charge in [-0.05, 0) is 93.5 Å². The normalized spacial score (nSPS) is 48.8. The maximum absolute atomic E-state index is 12.2. The lowest BCUT2D eigenvalue weighted by molar-refractivity contribution is -0.116. The molecule has 2 heterocycles. The number of ether oxygens (including phenoxy) is 1. The maximum atomic E-state index is 12.2. The molecule has 4 aliphatic carbocycles. The van der Waals surface area contributed by atoms with Crippen molar-refractivity contribution in [3.8, 4) is 0 Å². The summed E-state index contributed by atoms with van der Waals surface area (Å²) in [6, 6.07) is 0.527. The molecule has 0 aromatic heterocycles. The molecule has 2 saturated heterocycles. The van der Waals surface area contributed by atoms with Crippen molar-refractivity contribution >= 4 is 17.4 Å². The van der Waals surface area contributed by atoms with Crippen molar-refractivity contribution < 1.29 is 9.53 Å². The first kappa shape index (κ1) is 23.7. The maximum Gasteiger partial charge on any atom is 0.155 e. The third-order valence-corrected chi connectivity index (χ3v) is 11.7. The van der Waals surface area contributed by atoms with Crippen LogP contribution in [0.4, 0.5) is 0 Å².